The predicted octanol–water partition coefficient (Wildman–Crippen LogP) is -0.359. The summed E-state index contributed by atoms with van der Waals surface area (Å²) in [7, 11) is 1.21. The monoisotopic (exact) mass is 188 g/mol. The highest BCUT2D eigenvalue weighted by Crippen LogP contribution is 1.86. The van der Waals surface area contributed by atoms with E-state index in [4.69, 9.17) is 5.11 Å². The van der Waals surface area contributed by atoms with Crippen LogP contribution in [-0.2, 0) is 19.1 Å². The fourth-order valence-corrected chi connectivity index (χ4v) is 0.490. The molecule has 5 heteroatoms. The highest BCUT2D eigenvalue weighted by atomic mass is 16.5. The topological polar surface area (TPSA) is 72.8 Å². The van der Waals surface area contributed by atoms with E-state index in [9.17, 15) is 9.59 Å². The molecule has 0 amide bonds. The van der Waals surface area contributed by atoms with Crippen LogP contribution in [0.4, 0.5) is 0 Å². The van der Waals surface area contributed by atoms with Gasteiger partial charge in [0.25, 0.3) is 0 Å². The molecule has 74 valence electrons. The van der Waals surface area contributed by atoms with Gasteiger partial charge in [0.15, 0.2) is 0 Å². The lowest BCUT2D eigenvalue weighted by Gasteiger charge is -1.98. The first-order chi connectivity index (χ1) is 6.20. The van der Waals surface area contributed by atoms with Crippen LogP contribution < -0.4 is 0 Å². The molecule has 0 aromatic carbocycles. The highest BCUT2D eigenvalue weighted by molar-refractivity contribution is 5.91. The number of methoxy groups -OCH3 is 1. The second kappa shape index (κ2) is 7.30. The molecule has 0 heterocycles. The first-order valence-electron chi connectivity index (χ1n) is 3.74. The van der Waals surface area contributed by atoms with Crippen molar-refractivity contribution in [3.8, 4) is 0 Å². The standard InChI is InChI=1S/C8H12O5/c1-12-7(10)3-4-8(11)13-6-2-5-9/h3-4,9H,2,5-6H2,1H3/b4-3-. The van der Waals surface area contributed by atoms with Crippen molar-refractivity contribution in [2.45, 2.75) is 6.42 Å². The van der Waals surface area contributed by atoms with E-state index in [1.165, 1.54) is 7.11 Å². The molecule has 5 nitrogen and oxygen atoms in total. The van der Waals surface area contributed by atoms with Crippen LogP contribution in [-0.4, -0.2) is 37.4 Å². The maximum Gasteiger partial charge on any atom is 0.331 e. The summed E-state index contributed by atoms with van der Waals surface area (Å²) < 4.78 is 8.84. The number of aliphatic hydroxyl groups is 1. The summed E-state index contributed by atoms with van der Waals surface area (Å²) in [6.45, 7) is 0.106. The second-order valence-electron chi connectivity index (χ2n) is 2.10. The highest BCUT2D eigenvalue weighted by Gasteiger charge is 1.98. The summed E-state index contributed by atoms with van der Waals surface area (Å²) in [4.78, 5) is 21.2. The maximum absolute atomic E-state index is 10.7. The molecule has 0 unspecified atom stereocenters. The molecule has 0 fully saturated rings. The fraction of sp³-hybridized carbons (Fsp3) is 0.500. The van der Waals surface area contributed by atoms with Crippen molar-refractivity contribution in [2.75, 3.05) is 20.3 Å². The number of hydrogen-bond acceptors (Lipinski definition) is 5. The van der Waals surface area contributed by atoms with Crippen molar-refractivity contribution in [1.29, 1.82) is 0 Å². The number of ether oxygens (including phenoxy) is 2. The Bertz CT molecular complexity index is 197. The molecule has 0 aliphatic rings. The van der Waals surface area contributed by atoms with Crippen molar-refractivity contribution in [1.82, 2.24) is 0 Å². The smallest absolute Gasteiger partial charge is 0.331 e. The Morgan fingerprint density at radius 2 is 1.92 bits per heavy atom. The summed E-state index contributed by atoms with van der Waals surface area (Å²) in [5, 5.41) is 8.35. The van der Waals surface area contributed by atoms with E-state index < -0.39 is 11.9 Å². The predicted molar refractivity (Wildman–Crippen MR) is 43.8 cm³/mol. The Morgan fingerprint density at radius 1 is 1.31 bits per heavy atom. The fourth-order valence-electron chi connectivity index (χ4n) is 0.490. The number of rotatable bonds is 5. The van der Waals surface area contributed by atoms with Crippen LogP contribution in [0.3, 0.4) is 0 Å². The molecule has 0 aromatic rings. The lowest BCUT2D eigenvalue weighted by atomic mass is 10.5. The van der Waals surface area contributed by atoms with Gasteiger partial charge in [-0.25, -0.2) is 9.59 Å². The maximum atomic E-state index is 10.7. The molecule has 0 rings (SSSR count). The molecule has 0 aliphatic heterocycles. The van der Waals surface area contributed by atoms with Crippen LogP contribution in [0.2, 0.25) is 0 Å². The largest absolute Gasteiger partial charge is 0.466 e. The molecule has 0 radical (unpaired) electrons. The molecule has 13 heavy (non-hydrogen) atoms. The Morgan fingerprint density at radius 3 is 2.46 bits per heavy atom. The SMILES string of the molecule is COC(=O)/C=C\C(=O)OCCCO. The number of hydrogen-bond donors (Lipinski definition) is 1. The average Bonchev–Trinajstić information content (AvgIpc) is 2.14. The molecule has 0 saturated carbocycles. The molecule has 1 N–H and O–H groups in total. The lowest BCUT2D eigenvalue weighted by molar-refractivity contribution is -0.139. The Hall–Kier alpha value is -1.36. The zero-order valence-corrected chi connectivity index (χ0v) is 7.36. The summed E-state index contributed by atoms with van der Waals surface area (Å²) in [5.74, 6) is -1.24. The van der Waals surface area contributed by atoms with E-state index in [2.05, 4.69) is 9.47 Å². The van der Waals surface area contributed by atoms with Crippen molar-refractivity contribution in [3.63, 3.8) is 0 Å². The first-order valence-corrected chi connectivity index (χ1v) is 3.74. The number of esters is 2. The Balaban J connectivity index is 3.61. The summed E-state index contributed by atoms with van der Waals surface area (Å²) in [5.41, 5.74) is 0. The third-order valence-electron chi connectivity index (χ3n) is 1.10. The molecule has 0 aliphatic carbocycles. The first kappa shape index (κ1) is 11.6. The zero-order chi connectivity index (χ0) is 10.1. The van der Waals surface area contributed by atoms with Crippen LogP contribution in [0, 0.1) is 0 Å². The van der Waals surface area contributed by atoms with Gasteiger partial charge in [-0.3, -0.25) is 0 Å². The van der Waals surface area contributed by atoms with Crippen molar-refractivity contribution < 1.29 is 24.2 Å². The zero-order valence-electron chi connectivity index (χ0n) is 7.36. The minimum absolute atomic E-state index is 0.0337. The average molecular weight is 188 g/mol. The quantitative estimate of drug-likeness (QED) is 0.362. The lowest BCUT2D eigenvalue weighted by Crippen LogP contribution is -2.05. The molecule has 0 aromatic heterocycles. The number of aliphatic hydroxyl groups excluding tert-OH is 1. The van der Waals surface area contributed by atoms with Crippen LogP contribution in [0.25, 0.3) is 0 Å². The molecule has 0 atom stereocenters. The minimum Gasteiger partial charge on any atom is -0.466 e. The van der Waals surface area contributed by atoms with E-state index in [1.807, 2.05) is 0 Å². The Labute approximate surface area is 75.9 Å². The van der Waals surface area contributed by atoms with Crippen LogP contribution >= 0.6 is 0 Å². The molecule has 0 bridgehead atoms. The number of carbonyl (C=O) groups is 2. The van der Waals surface area contributed by atoms with E-state index in [1.54, 1.807) is 0 Å². The van der Waals surface area contributed by atoms with E-state index in [-0.39, 0.29) is 13.2 Å². The van der Waals surface area contributed by atoms with Gasteiger partial charge in [0.2, 0.25) is 0 Å². The minimum atomic E-state index is -0.626. The van der Waals surface area contributed by atoms with Crippen molar-refractivity contribution in [2.24, 2.45) is 0 Å². The summed E-state index contributed by atoms with van der Waals surface area (Å²) >= 11 is 0. The van der Waals surface area contributed by atoms with E-state index in [0.717, 1.165) is 12.2 Å². The van der Waals surface area contributed by atoms with Gasteiger partial charge in [-0.1, -0.05) is 0 Å². The van der Waals surface area contributed by atoms with Gasteiger partial charge in [0.1, 0.15) is 0 Å². The molecule has 0 spiro atoms. The summed E-state index contributed by atoms with van der Waals surface area (Å²) in [6.07, 6.45) is 2.34. The summed E-state index contributed by atoms with van der Waals surface area (Å²) in [6, 6.07) is 0. The van der Waals surface area contributed by atoms with Crippen LogP contribution in [0.5, 0.6) is 0 Å². The molecule has 0 saturated heterocycles. The van der Waals surface area contributed by atoms with Crippen LogP contribution in [0.15, 0.2) is 12.2 Å². The van der Waals surface area contributed by atoms with Gasteiger partial charge in [0, 0.05) is 25.2 Å². The molecular weight excluding hydrogens is 176 g/mol. The van der Waals surface area contributed by atoms with Gasteiger partial charge in [-0.15, -0.1) is 0 Å². The Kier molecular flexibility index (Phi) is 6.53. The van der Waals surface area contributed by atoms with E-state index >= 15 is 0 Å². The molecular formula is C8H12O5. The third kappa shape index (κ3) is 7.02. The van der Waals surface area contributed by atoms with Gasteiger partial charge in [0.05, 0.1) is 13.7 Å². The normalized spacial score (nSPS) is 10.0. The van der Waals surface area contributed by atoms with Gasteiger partial charge in [-0.05, 0) is 0 Å². The van der Waals surface area contributed by atoms with Gasteiger partial charge >= 0.3 is 11.9 Å². The second-order valence-corrected chi connectivity index (χ2v) is 2.10. The van der Waals surface area contributed by atoms with Crippen molar-refractivity contribution in [3.05, 3.63) is 12.2 Å². The van der Waals surface area contributed by atoms with E-state index in [0.29, 0.717) is 6.42 Å². The van der Waals surface area contributed by atoms with Crippen molar-refractivity contribution >= 4 is 11.9 Å². The number of carbonyl (C=O) groups excluding carboxylic acids is 2. The van der Waals surface area contributed by atoms with Gasteiger partial charge in [-0.2, -0.15) is 0 Å². The third-order valence-corrected chi connectivity index (χ3v) is 1.10. The van der Waals surface area contributed by atoms with Gasteiger partial charge < -0.3 is 14.6 Å². The van der Waals surface area contributed by atoms with Crippen LogP contribution in [0.1, 0.15) is 6.42 Å².